The molecule has 0 spiro atoms. The average Bonchev–Trinajstić information content (AvgIpc) is 2.09. The van der Waals surface area contributed by atoms with Crippen molar-refractivity contribution < 1.29 is 22.2 Å². The van der Waals surface area contributed by atoms with Crippen LogP contribution in [0.25, 0.3) is 0 Å². The highest BCUT2D eigenvalue weighted by molar-refractivity contribution is 7.85. The molecule has 0 unspecified atom stereocenters. The lowest BCUT2D eigenvalue weighted by molar-refractivity contribution is -0.910. The minimum atomic E-state index is -3.84. The van der Waals surface area contributed by atoms with Gasteiger partial charge in [0.05, 0.1) is 45.3 Å². The largest absolute Gasteiger partial charge is 0.325 e. The van der Waals surface area contributed by atoms with Crippen LogP contribution in [-0.2, 0) is 14.9 Å². The van der Waals surface area contributed by atoms with E-state index >= 15 is 0 Å². The second-order valence-corrected chi connectivity index (χ2v) is 6.04. The summed E-state index contributed by atoms with van der Waals surface area (Å²) in [6.07, 6.45) is 1.62. The number of ketones is 1. The first-order valence-corrected chi connectivity index (χ1v) is 6.72. The van der Waals surface area contributed by atoms with Gasteiger partial charge in [-0.2, -0.15) is 8.42 Å². The van der Waals surface area contributed by atoms with Crippen molar-refractivity contribution in [1.82, 2.24) is 0 Å². The fourth-order valence-corrected chi connectivity index (χ4v) is 2.37. The van der Waals surface area contributed by atoms with E-state index in [9.17, 15) is 13.2 Å². The van der Waals surface area contributed by atoms with E-state index in [2.05, 4.69) is 0 Å². The summed E-state index contributed by atoms with van der Waals surface area (Å²) < 4.78 is 30.4. The monoisotopic (exact) mass is 236 g/mol. The Labute approximate surface area is 90.4 Å². The molecule has 1 heterocycles. The van der Waals surface area contributed by atoms with Crippen LogP contribution in [0.3, 0.4) is 0 Å². The highest BCUT2D eigenvalue weighted by atomic mass is 32.2. The van der Waals surface area contributed by atoms with Crippen LogP contribution in [0, 0.1) is 0 Å². The normalized spacial score (nSPS) is 21.6. The standard InChI is InChI=1S/C9H17NO4S/c1-10(5-2-8-15(12,13)14)6-3-9(11)4-7-10/h2-8H2,1H3/p+1. The van der Waals surface area contributed by atoms with Crippen LogP contribution in [0.1, 0.15) is 19.3 Å². The first-order valence-electron chi connectivity index (χ1n) is 5.11. The number of rotatable bonds is 4. The van der Waals surface area contributed by atoms with E-state index in [1.807, 2.05) is 7.05 Å². The molecule has 1 aliphatic heterocycles. The summed E-state index contributed by atoms with van der Waals surface area (Å²) in [5.41, 5.74) is 0. The predicted octanol–water partition coefficient (Wildman–Crippen LogP) is 0.0738. The number of nitrogens with zero attached hydrogens (tertiary/aromatic N) is 1. The van der Waals surface area contributed by atoms with Gasteiger partial charge in [-0.25, -0.2) is 0 Å². The SMILES string of the molecule is C[N+]1(CCCS(=O)(=O)O)CCC(=O)CC1. The zero-order chi connectivity index (χ0) is 11.5. The summed E-state index contributed by atoms with van der Waals surface area (Å²) in [5, 5.41) is 0. The molecule has 0 aromatic carbocycles. The fraction of sp³-hybridized carbons (Fsp3) is 0.889. The zero-order valence-corrected chi connectivity index (χ0v) is 9.79. The molecule has 0 amide bonds. The Bertz CT molecular complexity index is 326. The van der Waals surface area contributed by atoms with Crippen LogP contribution < -0.4 is 0 Å². The van der Waals surface area contributed by atoms with Gasteiger partial charge >= 0.3 is 0 Å². The van der Waals surface area contributed by atoms with E-state index in [1.165, 1.54) is 0 Å². The third-order valence-electron chi connectivity index (χ3n) is 2.96. The average molecular weight is 236 g/mol. The van der Waals surface area contributed by atoms with Gasteiger partial charge in [-0.15, -0.1) is 0 Å². The van der Waals surface area contributed by atoms with E-state index < -0.39 is 10.1 Å². The number of carbonyl (C=O) groups excluding carboxylic acids is 1. The lowest BCUT2D eigenvalue weighted by Crippen LogP contribution is -2.50. The summed E-state index contributed by atoms with van der Waals surface area (Å²) in [7, 11) is -1.82. The number of carbonyl (C=O) groups is 1. The second kappa shape index (κ2) is 4.59. The summed E-state index contributed by atoms with van der Waals surface area (Å²) in [6, 6.07) is 0. The summed E-state index contributed by atoms with van der Waals surface area (Å²) in [5.74, 6) is 0.106. The Hall–Kier alpha value is -0.460. The van der Waals surface area contributed by atoms with Gasteiger partial charge in [-0.3, -0.25) is 9.35 Å². The summed E-state index contributed by atoms with van der Waals surface area (Å²) in [6.45, 7) is 2.27. The number of hydrogen-bond acceptors (Lipinski definition) is 3. The van der Waals surface area contributed by atoms with Crippen LogP contribution in [-0.4, -0.2) is 55.7 Å². The van der Waals surface area contributed by atoms with Gasteiger partial charge in [0.25, 0.3) is 10.1 Å². The van der Waals surface area contributed by atoms with E-state index in [1.54, 1.807) is 0 Å². The molecule has 0 bridgehead atoms. The Morgan fingerprint density at radius 3 is 2.33 bits per heavy atom. The molecule has 0 aromatic rings. The van der Waals surface area contributed by atoms with Crippen molar-refractivity contribution in [2.75, 3.05) is 32.4 Å². The van der Waals surface area contributed by atoms with Crippen molar-refractivity contribution in [3.05, 3.63) is 0 Å². The Balaban J connectivity index is 2.34. The molecule has 88 valence electrons. The first kappa shape index (κ1) is 12.6. The number of likely N-dealkylation sites (tertiary alicyclic amines) is 1. The van der Waals surface area contributed by atoms with Crippen LogP contribution in [0.2, 0.25) is 0 Å². The molecular formula is C9H18NO4S+. The number of hydrogen-bond donors (Lipinski definition) is 1. The molecule has 1 N–H and O–H groups in total. The van der Waals surface area contributed by atoms with Crippen molar-refractivity contribution >= 4 is 15.9 Å². The van der Waals surface area contributed by atoms with Gasteiger partial charge in [0.15, 0.2) is 0 Å². The molecule has 0 radical (unpaired) electrons. The molecule has 15 heavy (non-hydrogen) atoms. The summed E-state index contributed by atoms with van der Waals surface area (Å²) >= 11 is 0. The van der Waals surface area contributed by atoms with Crippen LogP contribution in [0.5, 0.6) is 0 Å². The molecular weight excluding hydrogens is 218 g/mol. The molecule has 1 saturated heterocycles. The van der Waals surface area contributed by atoms with E-state index in [0.29, 0.717) is 31.6 Å². The number of piperidine rings is 1. The molecule has 0 aromatic heterocycles. The maximum atomic E-state index is 11.0. The van der Waals surface area contributed by atoms with Gasteiger partial charge in [0.2, 0.25) is 0 Å². The topological polar surface area (TPSA) is 71.4 Å². The van der Waals surface area contributed by atoms with Crippen molar-refractivity contribution in [2.45, 2.75) is 19.3 Å². The van der Waals surface area contributed by atoms with Gasteiger partial charge in [0.1, 0.15) is 5.78 Å². The molecule has 0 saturated carbocycles. The van der Waals surface area contributed by atoms with E-state index in [0.717, 1.165) is 17.6 Å². The maximum Gasteiger partial charge on any atom is 0.265 e. The highest BCUT2D eigenvalue weighted by Crippen LogP contribution is 2.14. The Morgan fingerprint density at radius 2 is 1.87 bits per heavy atom. The van der Waals surface area contributed by atoms with Crippen LogP contribution >= 0.6 is 0 Å². The minimum absolute atomic E-state index is 0.186. The third kappa shape index (κ3) is 4.72. The van der Waals surface area contributed by atoms with Gasteiger partial charge < -0.3 is 4.48 Å². The highest BCUT2D eigenvalue weighted by Gasteiger charge is 2.28. The molecule has 0 aliphatic carbocycles. The van der Waals surface area contributed by atoms with Crippen molar-refractivity contribution in [1.29, 1.82) is 0 Å². The Kier molecular flexibility index (Phi) is 3.86. The lowest BCUT2D eigenvalue weighted by Gasteiger charge is -2.37. The van der Waals surface area contributed by atoms with Crippen molar-refractivity contribution in [3.8, 4) is 0 Å². The number of Topliss-reactive ketones (excluding diaryl/α,β-unsaturated/α-hetero) is 1. The molecule has 5 nitrogen and oxygen atoms in total. The quantitative estimate of drug-likeness (QED) is 0.554. The van der Waals surface area contributed by atoms with Gasteiger partial charge in [-0.05, 0) is 0 Å². The van der Waals surface area contributed by atoms with Crippen molar-refractivity contribution in [2.24, 2.45) is 0 Å². The number of quaternary nitrogens is 1. The van der Waals surface area contributed by atoms with Gasteiger partial charge in [-0.1, -0.05) is 0 Å². The van der Waals surface area contributed by atoms with Gasteiger partial charge in [0, 0.05) is 6.42 Å². The Morgan fingerprint density at radius 1 is 1.33 bits per heavy atom. The van der Waals surface area contributed by atoms with E-state index in [-0.39, 0.29) is 5.75 Å². The summed E-state index contributed by atoms with van der Waals surface area (Å²) in [4.78, 5) is 11.0. The maximum absolute atomic E-state index is 11.0. The van der Waals surface area contributed by atoms with Crippen LogP contribution in [0.4, 0.5) is 0 Å². The smallest absolute Gasteiger partial charge is 0.265 e. The molecule has 6 heteroatoms. The lowest BCUT2D eigenvalue weighted by atomic mass is 10.1. The first-order chi connectivity index (χ1) is 6.81. The van der Waals surface area contributed by atoms with E-state index in [4.69, 9.17) is 4.55 Å². The molecule has 1 fully saturated rings. The second-order valence-electron chi connectivity index (χ2n) is 4.47. The predicted molar refractivity (Wildman–Crippen MR) is 56.1 cm³/mol. The molecule has 1 rings (SSSR count). The van der Waals surface area contributed by atoms with Crippen LogP contribution in [0.15, 0.2) is 0 Å². The fourth-order valence-electron chi connectivity index (χ4n) is 1.88. The minimum Gasteiger partial charge on any atom is -0.325 e. The molecule has 1 aliphatic rings. The zero-order valence-electron chi connectivity index (χ0n) is 8.98. The van der Waals surface area contributed by atoms with Crippen molar-refractivity contribution in [3.63, 3.8) is 0 Å². The third-order valence-corrected chi connectivity index (χ3v) is 3.77. The molecule has 0 atom stereocenters.